The fourth-order valence-corrected chi connectivity index (χ4v) is 1.58. The Morgan fingerprint density at radius 1 is 1.44 bits per heavy atom. The highest BCUT2D eigenvalue weighted by Crippen LogP contribution is 2.13. The van der Waals surface area contributed by atoms with Gasteiger partial charge in [-0.25, -0.2) is 0 Å². The maximum Gasteiger partial charge on any atom is 0.176 e. The summed E-state index contributed by atoms with van der Waals surface area (Å²) in [5.74, 6) is 6.63. The summed E-state index contributed by atoms with van der Waals surface area (Å²) in [5, 5.41) is 0. The van der Waals surface area contributed by atoms with E-state index in [-0.39, 0.29) is 6.29 Å². The molecule has 1 aromatic rings. The van der Waals surface area contributed by atoms with Gasteiger partial charge in [-0.15, -0.1) is 0 Å². The molecule has 0 aromatic carbocycles. The van der Waals surface area contributed by atoms with Crippen molar-refractivity contribution in [1.82, 2.24) is 0 Å². The van der Waals surface area contributed by atoms with Crippen LogP contribution in [0.4, 0.5) is 0 Å². The van der Waals surface area contributed by atoms with E-state index >= 15 is 0 Å². The summed E-state index contributed by atoms with van der Waals surface area (Å²) >= 11 is 0. The zero-order valence-corrected chi connectivity index (χ0v) is 9.28. The second kappa shape index (κ2) is 6.37. The van der Waals surface area contributed by atoms with Crippen LogP contribution in [0.3, 0.4) is 0 Å². The Morgan fingerprint density at radius 3 is 3.19 bits per heavy atom. The Balaban J connectivity index is 1.61. The molecule has 3 nitrogen and oxygen atoms in total. The highest BCUT2D eigenvalue weighted by molar-refractivity contribution is 5.23. The van der Waals surface area contributed by atoms with Gasteiger partial charge in [0.15, 0.2) is 12.1 Å². The van der Waals surface area contributed by atoms with Crippen molar-refractivity contribution < 1.29 is 13.9 Å². The topological polar surface area (TPSA) is 31.6 Å². The predicted octanol–water partition coefficient (Wildman–Crippen LogP) is 2.56. The average molecular weight is 220 g/mol. The summed E-state index contributed by atoms with van der Waals surface area (Å²) in [5.41, 5.74) is 0. The van der Waals surface area contributed by atoms with E-state index in [2.05, 4.69) is 11.8 Å². The van der Waals surface area contributed by atoms with Gasteiger partial charge >= 0.3 is 0 Å². The molecule has 3 heteroatoms. The maximum atomic E-state index is 5.55. The number of rotatable bonds is 3. The third kappa shape index (κ3) is 3.73. The highest BCUT2D eigenvalue weighted by Gasteiger charge is 2.12. The van der Waals surface area contributed by atoms with Crippen molar-refractivity contribution in [2.45, 2.75) is 32.0 Å². The van der Waals surface area contributed by atoms with Gasteiger partial charge in [0.25, 0.3) is 0 Å². The SMILES string of the molecule is C(#Cc1ccco1)CCOC1CCCCO1. The first-order valence-corrected chi connectivity index (χ1v) is 5.71. The number of furan rings is 1. The number of ether oxygens (including phenoxy) is 2. The van der Waals surface area contributed by atoms with Crippen LogP contribution in [0.2, 0.25) is 0 Å². The third-order valence-corrected chi connectivity index (χ3v) is 2.40. The molecule has 2 rings (SSSR count). The van der Waals surface area contributed by atoms with Crippen LogP contribution >= 0.6 is 0 Å². The minimum absolute atomic E-state index is 0.0147. The lowest BCUT2D eigenvalue weighted by Gasteiger charge is -2.22. The fraction of sp³-hybridized carbons (Fsp3) is 0.538. The van der Waals surface area contributed by atoms with Gasteiger partial charge in [-0.05, 0) is 37.3 Å². The van der Waals surface area contributed by atoms with E-state index in [0.717, 1.165) is 19.4 Å². The standard InChI is InChI=1S/C13H16O3/c1(6-12-7-5-11-14-12)3-9-15-13-8-2-4-10-16-13/h5,7,11,13H,2-4,8-10H2. The van der Waals surface area contributed by atoms with Crippen LogP contribution in [0.15, 0.2) is 22.8 Å². The monoisotopic (exact) mass is 220 g/mol. The maximum absolute atomic E-state index is 5.55. The summed E-state index contributed by atoms with van der Waals surface area (Å²) in [6.45, 7) is 1.45. The molecule has 0 radical (unpaired) electrons. The average Bonchev–Trinajstić information content (AvgIpc) is 2.83. The third-order valence-electron chi connectivity index (χ3n) is 2.40. The molecule has 1 aliphatic rings. The van der Waals surface area contributed by atoms with Crippen LogP contribution in [0.1, 0.15) is 31.4 Å². The molecule has 0 spiro atoms. The van der Waals surface area contributed by atoms with Gasteiger partial charge < -0.3 is 13.9 Å². The molecule has 1 fully saturated rings. The largest absolute Gasteiger partial charge is 0.456 e. The van der Waals surface area contributed by atoms with Crippen LogP contribution < -0.4 is 0 Å². The summed E-state index contributed by atoms with van der Waals surface area (Å²) in [4.78, 5) is 0. The minimum atomic E-state index is -0.0147. The first-order chi connectivity index (χ1) is 7.95. The highest BCUT2D eigenvalue weighted by atomic mass is 16.7. The van der Waals surface area contributed by atoms with E-state index in [1.165, 1.54) is 6.42 Å². The van der Waals surface area contributed by atoms with Gasteiger partial charge in [0.1, 0.15) is 0 Å². The van der Waals surface area contributed by atoms with Crippen molar-refractivity contribution in [3.63, 3.8) is 0 Å². The van der Waals surface area contributed by atoms with Crippen LogP contribution in [0.5, 0.6) is 0 Å². The molecule has 86 valence electrons. The van der Waals surface area contributed by atoms with Crippen LogP contribution in [-0.2, 0) is 9.47 Å². The smallest absolute Gasteiger partial charge is 0.176 e. The number of hydrogen-bond donors (Lipinski definition) is 0. The molecule has 1 aliphatic heterocycles. The Kier molecular flexibility index (Phi) is 4.48. The quantitative estimate of drug-likeness (QED) is 0.579. The molecule has 1 atom stereocenters. The van der Waals surface area contributed by atoms with Crippen molar-refractivity contribution in [2.24, 2.45) is 0 Å². The molecule has 1 saturated heterocycles. The summed E-state index contributed by atoms with van der Waals surface area (Å²) in [6.07, 6.45) is 5.67. The zero-order chi connectivity index (χ0) is 11.1. The lowest BCUT2D eigenvalue weighted by Crippen LogP contribution is -2.22. The summed E-state index contributed by atoms with van der Waals surface area (Å²) in [7, 11) is 0. The van der Waals surface area contributed by atoms with Crippen LogP contribution in [0.25, 0.3) is 0 Å². The number of hydrogen-bond acceptors (Lipinski definition) is 3. The summed E-state index contributed by atoms with van der Waals surface area (Å²) < 4.78 is 16.1. The zero-order valence-electron chi connectivity index (χ0n) is 9.28. The van der Waals surface area contributed by atoms with Crippen molar-refractivity contribution in [1.29, 1.82) is 0 Å². The molecular formula is C13H16O3. The fourth-order valence-electron chi connectivity index (χ4n) is 1.58. The normalized spacial score (nSPS) is 20.1. The molecule has 0 bridgehead atoms. The van der Waals surface area contributed by atoms with E-state index in [0.29, 0.717) is 18.8 Å². The van der Waals surface area contributed by atoms with E-state index in [4.69, 9.17) is 13.9 Å². The first-order valence-electron chi connectivity index (χ1n) is 5.71. The van der Waals surface area contributed by atoms with Gasteiger partial charge in [0.05, 0.1) is 12.9 Å². The Hall–Kier alpha value is -1.24. The lowest BCUT2D eigenvalue weighted by molar-refractivity contribution is -0.161. The molecule has 0 N–H and O–H groups in total. The lowest BCUT2D eigenvalue weighted by atomic mass is 10.2. The molecule has 0 saturated carbocycles. The second-order valence-electron chi connectivity index (χ2n) is 3.70. The summed E-state index contributed by atoms with van der Waals surface area (Å²) in [6, 6.07) is 3.68. The van der Waals surface area contributed by atoms with Crippen molar-refractivity contribution >= 4 is 0 Å². The molecule has 16 heavy (non-hydrogen) atoms. The van der Waals surface area contributed by atoms with Gasteiger partial charge in [-0.2, -0.15) is 0 Å². The molecule has 0 amide bonds. The molecular weight excluding hydrogens is 204 g/mol. The Bertz CT molecular complexity index is 339. The molecule has 1 unspecified atom stereocenters. The van der Waals surface area contributed by atoms with Gasteiger partial charge in [-0.3, -0.25) is 0 Å². The van der Waals surface area contributed by atoms with E-state index in [1.54, 1.807) is 6.26 Å². The van der Waals surface area contributed by atoms with Crippen LogP contribution in [0, 0.1) is 11.8 Å². The van der Waals surface area contributed by atoms with Crippen molar-refractivity contribution in [3.8, 4) is 11.8 Å². The molecule has 0 aliphatic carbocycles. The van der Waals surface area contributed by atoms with Crippen LogP contribution in [-0.4, -0.2) is 19.5 Å². The molecule has 1 aromatic heterocycles. The van der Waals surface area contributed by atoms with Crippen molar-refractivity contribution in [2.75, 3.05) is 13.2 Å². The predicted molar refractivity (Wildman–Crippen MR) is 59.7 cm³/mol. The first kappa shape index (κ1) is 11.3. The van der Waals surface area contributed by atoms with Gasteiger partial charge in [-0.1, -0.05) is 5.92 Å². The Morgan fingerprint density at radius 2 is 2.44 bits per heavy atom. The van der Waals surface area contributed by atoms with Gasteiger partial charge in [0, 0.05) is 13.0 Å². The Labute approximate surface area is 95.7 Å². The minimum Gasteiger partial charge on any atom is -0.456 e. The van der Waals surface area contributed by atoms with E-state index in [1.807, 2.05) is 12.1 Å². The van der Waals surface area contributed by atoms with Gasteiger partial charge in [0.2, 0.25) is 0 Å². The molecule has 2 heterocycles. The van der Waals surface area contributed by atoms with E-state index in [9.17, 15) is 0 Å². The van der Waals surface area contributed by atoms with Crippen molar-refractivity contribution in [3.05, 3.63) is 24.2 Å². The second-order valence-corrected chi connectivity index (χ2v) is 3.70. The van der Waals surface area contributed by atoms with E-state index < -0.39 is 0 Å².